The summed E-state index contributed by atoms with van der Waals surface area (Å²) < 4.78 is 6.89. The Morgan fingerprint density at radius 3 is 2.50 bits per heavy atom. The number of rotatable bonds is 2. The molecular weight excluding hydrogens is 387 g/mol. The van der Waals surface area contributed by atoms with E-state index in [9.17, 15) is 0 Å². The predicted molar refractivity (Wildman–Crippen MR) is 119 cm³/mol. The van der Waals surface area contributed by atoms with Crippen LogP contribution in [0.25, 0.3) is 11.0 Å². The van der Waals surface area contributed by atoms with Crippen LogP contribution >= 0.6 is 24.2 Å². The van der Waals surface area contributed by atoms with Gasteiger partial charge in [0.25, 0.3) is 0 Å². The molecule has 3 aromatic heterocycles. The summed E-state index contributed by atoms with van der Waals surface area (Å²) in [7, 11) is 9.87. The molecule has 3 aromatic rings. The van der Waals surface area contributed by atoms with E-state index in [0.29, 0.717) is 5.82 Å². The molecule has 148 valence electrons. The summed E-state index contributed by atoms with van der Waals surface area (Å²) in [6, 6.07) is 2.18. The number of fused-ring (bicyclic) bond motifs is 2. The highest BCUT2D eigenvalue weighted by atomic mass is 32.2. The van der Waals surface area contributed by atoms with Crippen LogP contribution in [-0.2, 0) is 14.1 Å². The number of aryl methyl sites for hydroxylation is 2. The van der Waals surface area contributed by atoms with Gasteiger partial charge in [0.2, 0.25) is 0 Å². The zero-order valence-electron chi connectivity index (χ0n) is 15.6. The lowest BCUT2D eigenvalue weighted by Crippen LogP contribution is -2.13. The molecule has 28 heavy (non-hydrogen) atoms. The van der Waals surface area contributed by atoms with Crippen molar-refractivity contribution >= 4 is 43.0 Å². The van der Waals surface area contributed by atoms with Crippen LogP contribution in [0.15, 0.2) is 35.7 Å². The molecule has 9 heteroatoms. The lowest BCUT2D eigenvalue weighted by molar-refractivity contribution is 0.494. The van der Waals surface area contributed by atoms with Crippen molar-refractivity contribution in [3.63, 3.8) is 0 Å². The molecule has 1 saturated carbocycles. The lowest BCUT2D eigenvalue weighted by Gasteiger charge is -2.16. The topological polar surface area (TPSA) is 54.7 Å². The average Bonchev–Trinajstić information content (AvgIpc) is 3.36. The maximum absolute atomic E-state index is 6.04. The quantitative estimate of drug-likeness (QED) is 0.390. The normalized spacial score (nSPS) is 23.9. The summed E-state index contributed by atoms with van der Waals surface area (Å²) in [5.74, 6) is 2.03. The molecule has 0 aromatic carbocycles. The number of hydrogen-bond donors (Lipinski definition) is 1. The van der Waals surface area contributed by atoms with Gasteiger partial charge in [-0.3, -0.25) is 4.68 Å². The Kier molecular flexibility index (Phi) is 6.67. The molecule has 0 bridgehead atoms. The molecule has 1 aliphatic heterocycles. The van der Waals surface area contributed by atoms with Gasteiger partial charge in [0.1, 0.15) is 0 Å². The standard InChI is InChI=1S/C14H17BN4S.C4H6N2S.CH4/c1-18-14-9(5-17-18)4-13(6-16-14)20-19-7-10-2-12(15)3-11(10)8-19;1-6-3-2-5-4(6)7;/h4-6,10-12H,2-3,7-8H2,1H3;2-3H,1H3,(H,5,7);1H4/t10-,11?,12?;;/m1../s1. The fraction of sp³-hybridized carbons (Fsp3) is 0.526. The summed E-state index contributed by atoms with van der Waals surface area (Å²) in [4.78, 5) is 8.55. The van der Waals surface area contributed by atoms with Gasteiger partial charge in [-0.15, -0.1) is 0 Å². The van der Waals surface area contributed by atoms with Gasteiger partial charge in [-0.25, -0.2) is 9.29 Å². The third-order valence-electron chi connectivity index (χ3n) is 5.36. The van der Waals surface area contributed by atoms with Gasteiger partial charge in [0, 0.05) is 56.1 Å². The van der Waals surface area contributed by atoms with Crippen molar-refractivity contribution < 1.29 is 0 Å². The van der Waals surface area contributed by atoms with Crippen LogP contribution < -0.4 is 0 Å². The third-order valence-corrected chi connectivity index (χ3v) is 6.76. The third kappa shape index (κ3) is 4.52. The molecule has 2 unspecified atom stereocenters. The van der Waals surface area contributed by atoms with Crippen molar-refractivity contribution in [2.24, 2.45) is 25.9 Å². The maximum atomic E-state index is 6.04. The number of nitrogens with one attached hydrogen (secondary N) is 1. The summed E-state index contributed by atoms with van der Waals surface area (Å²) in [5.41, 5.74) is 0.943. The second-order valence-electron chi connectivity index (χ2n) is 7.42. The van der Waals surface area contributed by atoms with Crippen molar-refractivity contribution in [1.29, 1.82) is 0 Å². The van der Waals surface area contributed by atoms with Gasteiger partial charge in [0.15, 0.2) is 10.4 Å². The minimum Gasteiger partial charge on any atom is -0.337 e. The summed E-state index contributed by atoms with van der Waals surface area (Å²) in [5, 5.41) is 5.35. The highest BCUT2D eigenvalue weighted by Crippen LogP contribution is 2.45. The van der Waals surface area contributed by atoms with E-state index in [4.69, 9.17) is 20.1 Å². The van der Waals surface area contributed by atoms with E-state index >= 15 is 0 Å². The minimum absolute atomic E-state index is 0. The molecule has 3 atom stereocenters. The van der Waals surface area contributed by atoms with Gasteiger partial charge < -0.3 is 9.55 Å². The molecule has 2 radical (unpaired) electrons. The van der Waals surface area contributed by atoms with Crippen molar-refractivity contribution in [3.8, 4) is 0 Å². The van der Waals surface area contributed by atoms with E-state index in [1.165, 1.54) is 17.7 Å². The Hall–Kier alpha value is -1.58. The van der Waals surface area contributed by atoms with Gasteiger partial charge >= 0.3 is 0 Å². The van der Waals surface area contributed by atoms with E-state index in [1.54, 1.807) is 0 Å². The summed E-state index contributed by atoms with van der Waals surface area (Å²) in [6.45, 7) is 2.32. The molecule has 6 nitrogen and oxygen atoms in total. The Morgan fingerprint density at radius 1 is 1.21 bits per heavy atom. The SMILES string of the molecule is C.Cn1cc[nH]c1=S.[B]C1CC2CN(Sc3cnc4c(cnn4C)c3)C[C@H]2C1. The molecule has 2 aliphatic rings. The molecular formula is C19H27BN6S2. The van der Waals surface area contributed by atoms with E-state index in [1.807, 2.05) is 60.1 Å². The highest BCUT2D eigenvalue weighted by Gasteiger charge is 2.39. The van der Waals surface area contributed by atoms with Crippen LogP contribution in [0, 0.1) is 16.6 Å². The first-order valence-electron chi connectivity index (χ1n) is 9.16. The molecule has 4 heterocycles. The van der Waals surface area contributed by atoms with E-state index in [2.05, 4.69) is 25.4 Å². The van der Waals surface area contributed by atoms with Crippen LogP contribution in [0.4, 0.5) is 0 Å². The first-order valence-corrected chi connectivity index (χ1v) is 10.3. The van der Waals surface area contributed by atoms with Crippen molar-refractivity contribution in [2.75, 3.05) is 13.1 Å². The zero-order valence-corrected chi connectivity index (χ0v) is 17.2. The Morgan fingerprint density at radius 2 is 1.93 bits per heavy atom. The van der Waals surface area contributed by atoms with Crippen molar-refractivity contribution in [2.45, 2.75) is 31.0 Å². The number of imidazole rings is 1. The van der Waals surface area contributed by atoms with Crippen LogP contribution in [0.5, 0.6) is 0 Å². The van der Waals surface area contributed by atoms with Crippen LogP contribution in [0.2, 0.25) is 5.82 Å². The highest BCUT2D eigenvalue weighted by molar-refractivity contribution is 7.97. The van der Waals surface area contributed by atoms with Crippen LogP contribution in [-0.4, -0.2) is 49.6 Å². The van der Waals surface area contributed by atoms with Gasteiger partial charge in [-0.1, -0.05) is 26.1 Å². The van der Waals surface area contributed by atoms with Crippen molar-refractivity contribution in [3.05, 3.63) is 35.6 Å². The van der Waals surface area contributed by atoms with Gasteiger partial charge in [-0.2, -0.15) is 5.10 Å². The van der Waals surface area contributed by atoms with Crippen molar-refractivity contribution in [1.82, 2.24) is 28.6 Å². The van der Waals surface area contributed by atoms with E-state index < -0.39 is 0 Å². The Balaban J connectivity index is 0.000000241. The number of aromatic nitrogens is 5. The second kappa shape index (κ2) is 8.84. The number of nitrogens with zero attached hydrogens (tertiary/aromatic N) is 5. The Labute approximate surface area is 177 Å². The molecule has 0 amide bonds. The van der Waals surface area contributed by atoms with Gasteiger partial charge in [0.05, 0.1) is 14.0 Å². The lowest BCUT2D eigenvalue weighted by atomic mass is 9.85. The minimum atomic E-state index is 0. The van der Waals surface area contributed by atoms with E-state index in [0.717, 1.165) is 40.7 Å². The molecule has 1 aliphatic carbocycles. The smallest absolute Gasteiger partial charge is 0.176 e. The predicted octanol–water partition coefficient (Wildman–Crippen LogP) is 3.99. The molecule has 0 spiro atoms. The van der Waals surface area contributed by atoms with E-state index in [-0.39, 0.29) is 7.43 Å². The zero-order chi connectivity index (χ0) is 19.0. The number of H-pyrrole nitrogens is 1. The number of hydrogen-bond acceptors (Lipinski definition) is 5. The fourth-order valence-corrected chi connectivity index (χ4v) is 5.23. The first kappa shape index (κ1) is 21.1. The van der Waals surface area contributed by atoms with Gasteiger partial charge in [-0.05, 0) is 42.1 Å². The summed E-state index contributed by atoms with van der Waals surface area (Å²) >= 11 is 6.62. The Bertz CT molecular complexity index is 966. The number of aromatic amines is 1. The molecule has 1 N–H and O–H groups in total. The van der Waals surface area contributed by atoms with Crippen LogP contribution in [0.3, 0.4) is 0 Å². The number of pyridine rings is 1. The largest absolute Gasteiger partial charge is 0.337 e. The first-order chi connectivity index (χ1) is 13.0. The monoisotopic (exact) mass is 414 g/mol. The molecule has 1 saturated heterocycles. The average molecular weight is 414 g/mol. The molecule has 5 rings (SSSR count). The fourth-order valence-electron chi connectivity index (χ4n) is 3.99. The maximum Gasteiger partial charge on any atom is 0.176 e. The van der Waals surface area contributed by atoms with Crippen LogP contribution in [0.1, 0.15) is 20.3 Å². The molecule has 2 fully saturated rings. The summed E-state index contributed by atoms with van der Waals surface area (Å²) in [6.07, 6.45) is 9.91. The second-order valence-corrected chi connectivity index (χ2v) is 8.98.